The van der Waals surface area contributed by atoms with Crippen LogP contribution in [0.1, 0.15) is 24.8 Å². The molecule has 0 saturated heterocycles. The summed E-state index contributed by atoms with van der Waals surface area (Å²) >= 11 is 5.25. The third-order valence-corrected chi connectivity index (χ3v) is 2.72. The topological polar surface area (TPSA) is 24.9 Å². The van der Waals surface area contributed by atoms with Crippen molar-refractivity contribution in [3.8, 4) is 0 Å². The van der Waals surface area contributed by atoms with Crippen molar-refractivity contribution in [1.82, 2.24) is 10.3 Å². The molecule has 1 N–H and O–H groups in total. The van der Waals surface area contributed by atoms with Crippen molar-refractivity contribution in [3.05, 3.63) is 30.1 Å². The van der Waals surface area contributed by atoms with Crippen LogP contribution in [-0.4, -0.2) is 16.0 Å². The minimum atomic E-state index is 0.604. The average Bonchev–Trinajstić information content (AvgIpc) is 2.12. The van der Waals surface area contributed by atoms with E-state index >= 15 is 0 Å². The quantitative estimate of drug-likeness (QED) is 0.724. The fourth-order valence-electron chi connectivity index (χ4n) is 1.32. The van der Waals surface area contributed by atoms with Crippen LogP contribution >= 0.6 is 12.2 Å². The molecule has 0 bridgehead atoms. The molecular weight excluding hydrogens is 180 g/mol. The minimum Gasteiger partial charge on any atom is -0.373 e. The van der Waals surface area contributed by atoms with Gasteiger partial charge < -0.3 is 5.32 Å². The fourth-order valence-corrected chi connectivity index (χ4v) is 1.61. The monoisotopic (exact) mass is 192 g/mol. The van der Waals surface area contributed by atoms with Crippen LogP contribution in [0, 0.1) is 0 Å². The molecule has 0 amide bonds. The van der Waals surface area contributed by atoms with Crippen molar-refractivity contribution in [3.63, 3.8) is 0 Å². The maximum absolute atomic E-state index is 5.25. The van der Waals surface area contributed by atoms with Crippen molar-refractivity contribution >= 4 is 17.2 Å². The maximum Gasteiger partial charge on any atom is 0.108 e. The molecule has 68 valence electrons. The highest BCUT2D eigenvalue weighted by molar-refractivity contribution is 7.80. The Kier molecular flexibility index (Phi) is 2.54. The zero-order valence-corrected chi connectivity index (χ0v) is 8.18. The van der Waals surface area contributed by atoms with Crippen molar-refractivity contribution in [2.24, 2.45) is 0 Å². The number of aromatic nitrogens is 1. The zero-order chi connectivity index (χ0) is 9.10. The van der Waals surface area contributed by atoms with Crippen LogP contribution in [0.4, 0.5) is 0 Å². The summed E-state index contributed by atoms with van der Waals surface area (Å²) in [6, 6.07) is 4.50. The first-order valence-electron chi connectivity index (χ1n) is 4.57. The van der Waals surface area contributed by atoms with Gasteiger partial charge in [0.05, 0.1) is 0 Å². The summed E-state index contributed by atoms with van der Waals surface area (Å²) in [4.78, 5) is 4.86. The van der Waals surface area contributed by atoms with E-state index in [0.29, 0.717) is 6.04 Å². The van der Waals surface area contributed by atoms with Gasteiger partial charge in [0.25, 0.3) is 0 Å². The summed E-state index contributed by atoms with van der Waals surface area (Å²) in [5.74, 6) is 0. The van der Waals surface area contributed by atoms with Crippen LogP contribution in [0.5, 0.6) is 0 Å². The number of thiocarbonyl (C=S) groups is 1. The summed E-state index contributed by atoms with van der Waals surface area (Å²) in [5, 5.41) is 3.32. The molecule has 0 unspecified atom stereocenters. The third kappa shape index (κ3) is 2.04. The number of hydrogen-bond donors (Lipinski definition) is 1. The lowest BCUT2D eigenvalue weighted by Gasteiger charge is -2.27. The van der Waals surface area contributed by atoms with Crippen LogP contribution < -0.4 is 5.32 Å². The minimum absolute atomic E-state index is 0.604. The van der Waals surface area contributed by atoms with Gasteiger partial charge in [0.2, 0.25) is 0 Å². The standard InChI is InChI=1S/C10H12N2S/c13-10(12-9-4-1-5-9)8-3-2-6-11-7-8/h2-3,6-7,9H,1,4-5H2,(H,12,13). The SMILES string of the molecule is S=C(NC1CCC1)c1cccnc1. The maximum atomic E-state index is 5.25. The van der Waals surface area contributed by atoms with Gasteiger partial charge in [0, 0.05) is 24.0 Å². The summed E-state index contributed by atoms with van der Waals surface area (Å²) < 4.78 is 0. The largest absolute Gasteiger partial charge is 0.373 e. The van der Waals surface area contributed by atoms with E-state index in [4.69, 9.17) is 12.2 Å². The molecule has 0 atom stereocenters. The van der Waals surface area contributed by atoms with Gasteiger partial charge in [-0.2, -0.15) is 0 Å². The highest BCUT2D eigenvalue weighted by Crippen LogP contribution is 2.18. The second-order valence-electron chi connectivity index (χ2n) is 3.34. The molecule has 0 aromatic carbocycles. The molecule has 2 nitrogen and oxygen atoms in total. The van der Waals surface area contributed by atoms with E-state index in [2.05, 4.69) is 10.3 Å². The van der Waals surface area contributed by atoms with Gasteiger partial charge in [-0.1, -0.05) is 12.2 Å². The molecule has 0 radical (unpaired) electrons. The molecule has 13 heavy (non-hydrogen) atoms. The van der Waals surface area contributed by atoms with E-state index in [1.165, 1.54) is 19.3 Å². The summed E-state index contributed by atoms with van der Waals surface area (Å²) in [6.45, 7) is 0. The Bertz CT molecular complexity index is 293. The second-order valence-corrected chi connectivity index (χ2v) is 3.75. The lowest BCUT2D eigenvalue weighted by molar-refractivity contribution is 0.385. The van der Waals surface area contributed by atoms with Crippen LogP contribution in [-0.2, 0) is 0 Å². The predicted molar refractivity (Wildman–Crippen MR) is 56.7 cm³/mol. The Labute approximate surface area is 83.4 Å². The van der Waals surface area contributed by atoms with Crippen molar-refractivity contribution in [2.45, 2.75) is 25.3 Å². The number of nitrogens with one attached hydrogen (secondary N) is 1. The molecule has 1 aromatic rings. The zero-order valence-electron chi connectivity index (χ0n) is 7.36. The number of nitrogens with zero attached hydrogens (tertiary/aromatic N) is 1. The van der Waals surface area contributed by atoms with Gasteiger partial charge in [-0.25, -0.2) is 0 Å². The first-order valence-corrected chi connectivity index (χ1v) is 4.98. The first kappa shape index (κ1) is 8.63. The van der Waals surface area contributed by atoms with Gasteiger partial charge in [-0.15, -0.1) is 0 Å². The molecule has 1 fully saturated rings. The van der Waals surface area contributed by atoms with Crippen LogP contribution in [0.3, 0.4) is 0 Å². The lowest BCUT2D eigenvalue weighted by atomic mass is 9.93. The van der Waals surface area contributed by atoms with E-state index in [1.807, 2.05) is 12.1 Å². The van der Waals surface area contributed by atoms with E-state index in [9.17, 15) is 0 Å². The van der Waals surface area contributed by atoms with Crippen molar-refractivity contribution in [1.29, 1.82) is 0 Å². The molecule has 3 heteroatoms. The average molecular weight is 192 g/mol. The Morgan fingerprint density at radius 3 is 2.92 bits per heavy atom. The van der Waals surface area contributed by atoms with Crippen molar-refractivity contribution in [2.75, 3.05) is 0 Å². The number of rotatable bonds is 2. The highest BCUT2D eigenvalue weighted by Gasteiger charge is 2.18. The first-order chi connectivity index (χ1) is 6.36. The fraction of sp³-hybridized carbons (Fsp3) is 0.400. The van der Waals surface area contributed by atoms with E-state index in [0.717, 1.165) is 10.6 Å². The molecule has 1 aromatic heterocycles. The third-order valence-electron chi connectivity index (χ3n) is 2.36. The molecule has 0 spiro atoms. The molecule has 1 heterocycles. The van der Waals surface area contributed by atoms with Crippen LogP contribution in [0.15, 0.2) is 24.5 Å². The Balaban J connectivity index is 1.97. The molecule has 2 rings (SSSR count). The van der Waals surface area contributed by atoms with Crippen LogP contribution in [0.25, 0.3) is 0 Å². The van der Waals surface area contributed by atoms with Gasteiger partial charge in [-0.3, -0.25) is 4.98 Å². The molecular formula is C10H12N2S. The normalized spacial score (nSPS) is 16.3. The van der Waals surface area contributed by atoms with E-state index in [1.54, 1.807) is 12.4 Å². The van der Waals surface area contributed by atoms with E-state index < -0.39 is 0 Å². The second kappa shape index (κ2) is 3.83. The Hall–Kier alpha value is -0.960. The predicted octanol–water partition coefficient (Wildman–Crippen LogP) is 1.90. The Morgan fingerprint density at radius 2 is 2.38 bits per heavy atom. The summed E-state index contributed by atoms with van der Waals surface area (Å²) in [6.07, 6.45) is 7.39. The summed E-state index contributed by atoms with van der Waals surface area (Å²) in [5.41, 5.74) is 1.02. The molecule has 1 saturated carbocycles. The smallest absolute Gasteiger partial charge is 0.108 e. The number of hydrogen-bond acceptors (Lipinski definition) is 2. The van der Waals surface area contributed by atoms with Crippen molar-refractivity contribution < 1.29 is 0 Å². The van der Waals surface area contributed by atoms with Gasteiger partial charge in [0.1, 0.15) is 4.99 Å². The molecule has 1 aliphatic rings. The molecule has 0 aliphatic heterocycles. The van der Waals surface area contributed by atoms with Gasteiger partial charge >= 0.3 is 0 Å². The van der Waals surface area contributed by atoms with E-state index in [-0.39, 0.29) is 0 Å². The Morgan fingerprint density at radius 1 is 1.54 bits per heavy atom. The number of pyridine rings is 1. The van der Waals surface area contributed by atoms with Gasteiger partial charge in [-0.05, 0) is 31.4 Å². The van der Waals surface area contributed by atoms with Gasteiger partial charge in [0.15, 0.2) is 0 Å². The van der Waals surface area contributed by atoms with Crippen LogP contribution in [0.2, 0.25) is 0 Å². The highest BCUT2D eigenvalue weighted by atomic mass is 32.1. The summed E-state index contributed by atoms with van der Waals surface area (Å²) in [7, 11) is 0. The molecule has 1 aliphatic carbocycles. The lowest BCUT2D eigenvalue weighted by Crippen LogP contribution is -2.38.